The minimum absolute atomic E-state index is 0.0352. The van der Waals surface area contributed by atoms with Gasteiger partial charge in [-0.2, -0.15) is 17.6 Å². The van der Waals surface area contributed by atoms with Crippen molar-refractivity contribution in [3.05, 3.63) is 12.2 Å². The average Bonchev–Trinajstić information content (AvgIpc) is 2.64. The second kappa shape index (κ2) is 8.78. The van der Waals surface area contributed by atoms with E-state index in [4.69, 9.17) is 9.47 Å². The van der Waals surface area contributed by atoms with Gasteiger partial charge in [0.1, 0.15) is 5.60 Å². The molecule has 0 radical (unpaired) electrons. The summed E-state index contributed by atoms with van der Waals surface area (Å²) >= 11 is 0. The first-order valence-corrected chi connectivity index (χ1v) is 12.6. The third-order valence-corrected chi connectivity index (χ3v) is 8.67. The first-order chi connectivity index (χ1) is 15.0. The molecule has 0 saturated heterocycles. The van der Waals surface area contributed by atoms with Crippen LogP contribution in [0.15, 0.2) is 12.2 Å². The highest BCUT2D eigenvalue weighted by molar-refractivity contribution is 7.86. The van der Waals surface area contributed by atoms with Crippen LogP contribution in [0.4, 0.5) is 17.6 Å². The van der Waals surface area contributed by atoms with Gasteiger partial charge in [0, 0.05) is 18.4 Å². The molecule has 0 aromatic carbocycles. The average molecular weight is 500 g/mol. The summed E-state index contributed by atoms with van der Waals surface area (Å²) in [7, 11) is -6.51. The molecule has 33 heavy (non-hydrogen) atoms. The number of halogens is 4. The van der Waals surface area contributed by atoms with E-state index < -0.39 is 52.3 Å². The van der Waals surface area contributed by atoms with Crippen LogP contribution in [0.1, 0.15) is 65.2 Å². The molecular formula is C22H31F4O6S-. The fraction of sp³-hybridized carbons (Fsp3) is 0.864. The lowest BCUT2D eigenvalue weighted by atomic mass is 9.46. The summed E-state index contributed by atoms with van der Waals surface area (Å²) in [6, 6.07) is 0. The van der Waals surface area contributed by atoms with Crippen molar-refractivity contribution in [2.75, 3.05) is 13.2 Å². The Morgan fingerprint density at radius 2 is 1.55 bits per heavy atom. The van der Waals surface area contributed by atoms with Crippen LogP contribution < -0.4 is 0 Å². The van der Waals surface area contributed by atoms with Crippen molar-refractivity contribution < 1.29 is 44.8 Å². The van der Waals surface area contributed by atoms with Gasteiger partial charge in [0.2, 0.25) is 0 Å². The van der Waals surface area contributed by atoms with E-state index in [0.717, 1.165) is 19.3 Å². The quantitative estimate of drug-likeness (QED) is 0.135. The third-order valence-electron chi connectivity index (χ3n) is 7.75. The summed E-state index contributed by atoms with van der Waals surface area (Å²) in [4.78, 5) is 12.6. The maximum atomic E-state index is 13.4. The zero-order chi connectivity index (χ0) is 24.9. The molecule has 0 heterocycles. The highest BCUT2D eigenvalue weighted by atomic mass is 32.2. The summed E-state index contributed by atoms with van der Waals surface area (Å²) in [6.07, 6.45) is 4.60. The molecule has 4 bridgehead atoms. The van der Waals surface area contributed by atoms with E-state index in [-0.39, 0.29) is 17.6 Å². The van der Waals surface area contributed by atoms with Gasteiger partial charge in [0.05, 0.1) is 12.2 Å². The predicted molar refractivity (Wildman–Crippen MR) is 110 cm³/mol. The lowest BCUT2D eigenvalue weighted by molar-refractivity contribution is -0.195. The van der Waals surface area contributed by atoms with Crippen LogP contribution in [-0.4, -0.2) is 48.9 Å². The standard InChI is InChI=1S/C22H32F4O6S/c1-14(13-31-6-4-5-21(23,24)22(25,26)33(28,29)30)18(27)32-19(2,3)20-10-15-7-16(11-20)9-17(8-15)12-20/h15-17H,1,4-13H2,2-3H3,(H,28,29,30)/p-1. The number of hydrogen-bond donors (Lipinski definition) is 0. The molecule has 0 aromatic heterocycles. The first kappa shape index (κ1) is 26.4. The molecule has 4 aliphatic rings. The molecule has 4 aliphatic carbocycles. The predicted octanol–water partition coefficient (Wildman–Crippen LogP) is 4.65. The Kier molecular flexibility index (Phi) is 7.03. The maximum Gasteiger partial charge on any atom is 0.396 e. The normalized spacial score (nSPS) is 29.8. The minimum atomic E-state index is -6.51. The Labute approximate surface area is 191 Å². The van der Waals surface area contributed by atoms with Crippen molar-refractivity contribution >= 4 is 16.1 Å². The molecule has 6 nitrogen and oxygen atoms in total. The maximum absolute atomic E-state index is 13.4. The number of ether oxygens (including phenoxy) is 2. The van der Waals surface area contributed by atoms with Crippen molar-refractivity contribution in [2.45, 2.75) is 82.0 Å². The third kappa shape index (κ3) is 5.10. The van der Waals surface area contributed by atoms with Crippen molar-refractivity contribution in [3.8, 4) is 0 Å². The minimum Gasteiger partial charge on any atom is -0.743 e. The molecule has 0 N–H and O–H groups in total. The fourth-order valence-corrected chi connectivity index (χ4v) is 6.71. The molecule has 0 aromatic rings. The van der Waals surface area contributed by atoms with E-state index >= 15 is 0 Å². The molecule has 0 amide bonds. The lowest BCUT2D eigenvalue weighted by Gasteiger charge is -2.61. The molecule has 4 rings (SSSR count). The molecule has 0 spiro atoms. The van der Waals surface area contributed by atoms with Crippen LogP contribution in [-0.2, 0) is 24.4 Å². The topological polar surface area (TPSA) is 92.7 Å². The molecule has 0 unspecified atom stereocenters. The molecule has 4 saturated carbocycles. The first-order valence-electron chi connectivity index (χ1n) is 11.2. The van der Waals surface area contributed by atoms with Gasteiger partial charge in [-0.3, -0.25) is 0 Å². The number of hydrogen-bond acceptors (Lipinski definition) is 6. The molecule has 0 aliphatic heterocycles. The SMILES string of the molecule is C=C(COCCCC(F)(F)C(F)(F)S(=O)(=O)[O-])C(=O)OC(C)(C)C12CC3CC(CC(C3)C1)C2. The van der Waals surface area contributed by atoms with E-state index in [1.807, 2.05) is 13.8 Å². The highest BCUT2D eigenvalue weighted by Gasteiger charge is 2.61. The largest absolute Gasteiger partial charge is 0.743 e. The van der Waals surface area contributed by atoms with Gasteiger partial charge in [0.25, 0.3) is 0 Å². The van der Waals surface area contributed by atoms with Gasteiger partial charge >= 0.3 is 17.1 Å². The summed E-state index contributed by atoms with van der Waals surface area (Å²) in [5.74, 6) is -3.69. The second-order valence-electron chi connectivity index (χ2n) is 10.5. The number of esters is 1. The number of rotatable bonds is 11. The van der Waals surface area contributed by atoms with E-state index in [0.29, 0.717) is 17.8 Å². The van der Waals surface area contributed by atoms with Crippen LogP contribution in [0.3, 0.4) is 0 Å². The van der Waals surface area contributed by atoms with Gasteiger partial charge in [-0.15, -0.1) is 0 Å². The summed E-state index contributed by atoms with van der Waals surface area (Å²) in [5.41, 5.74) is -0.815. The van der Waals surface area contributed by atoms with Gasteiger partial charge in [0.15, 0.2) is 10.1 Å². The van der Waals surface area contributed by atoms with E-state index in [9.17, 15) is 35.3 Å². The molecular weight excluding hydrogens is 468 g/mol. The van der Waals surface area contributed by atoms with Crippen LogP contribution in [0.5, 0.6) is 0 Å². The lowest BCUT2D eigenvalue weighted by Crippen LogP contribution is -2.57. The Morgan fingerprint density at radius 1 is 1.06 bits per heavy atom. The van der Waals surface area contributed by atoms with Crippen LogP contribution in [0.2, 0.25) is 0 Å². The van der Waals surface area contributed by atoms with Crippen LogP contribution >= 0.6 is 0 Å². The fourth-order valence-electron chi connectivity index (χ4n) is 6.24. The Hall–Kier alpha value is -1.20. The second-order valence-corrected chi connectivity index (χ2v) is 12.0. The monoisotopic (exact) mass is 499 g/mol. The zero-order valence-electron chi connectivity index (χ0n) is 18.9. The van der Waals surface area contributed by atoms with E-state index in [1.165, 1.54) is 19.3 Å². The van der Waals surface area contributed by atoms with E-state index in [2.05, 4.69) is 6.58 Å². The molecule has 190 valence electrons. The number of alkyl halides is 4. The smallest absolute Gasteiger partial charge is 0.396 e. The van der Waals surface area contributed by atoms with Crippen molar-refractivity contribution in [2.24, 2.45) is 23.2 Å². The van der Waals surface area contributed by atoms with Gasteiger partial charge in [-0.25, -0.2) is 13.2 Å². The van der Waals surface area contributed by atoms with Gasteiger partial charge in [-0.1, -0.05) is 6.58 Å². The van der Waals surface area contributed by atoms with Crippen LogP contribution in [0, 0.1) is 23.2 Å². The van der Waals surface area contributed by atoms with Gasteiger partial charge in [-0.05, 0) is 76.5 Å². The summed E-state index contributed by atoms with van der Waals surface area (Å²) < 4.78 is 95.2. The van der Waals surface area contributed by atoms with Gasteiger partial charge < -0.3 is 14.0 Å². The van der Waals surface area contributed by atoms with Crippen LogP contribution in [0.25, 0.3) is 0 Å². The molecule has 0 atom stereocenters. The zero-order valence-corrected chi connectivity index (χ0v) is 19.7. The molecule has 11 heteroatoms. The summed E-state index contributed by atoms with van der Waals surface area (Å²) in [5, 5.41) is -5.71. The van der Waals surface area contributed by atoms with Crippen molar-refractivity contribution in [1.82, 2.24) is 0 Å². The van der Waals surface area contributed by atoms with Crippen molar-refractivity contribution in [3.63, 3.8) is 0 Å². The van der Waals surface area contributed by atoms with Crippen molar-refractivity contribution in [1.29, 1.82) is 0 Å². The Balaban J connectivity index is 1.45. The molecule has 4 fully saturated rings. The Morgan fingerprint density at radius 3 is 2.00 bits per heavy atom. The highest BCUT2D eigenvalue weighted by Crippen LogP contribution is 2.64. The van der Waals surface area contributed by atoms with E-state index in [1.54, 1.807) is 0 Å². The number of carbonyl (C=O) groups is 1. The number of carbonyl (C=O) groups excluding carboxylic acids is 1. The Bertz CT molecular complexity index is 848. The summed E-state index contributed by atoms with van der Waals surface area (Å²) in [6.45, 7) is 6.63.